The third-order valence-electron chi connectivity index (χ3n) is 4.46. The van der Waals surface area contributed by atoms with Gasteiger partial charge in [0.1, 0.15) is 10.8 Å². The minimum atomic E-state index is 0.294. The molecule has 24 heavy (non-hydrogen) atoms. The molecule has 1 N–H and O–H groups in total. The van der Waals surface area contributed by atoms with E-state index in [1.54, 1.807) is 11.3 Å². The van der Waals surface area contributed by atoms with Gasteiger partial charge in [-0.15, -0.1) is 11.3 Å². The minimum Gasteiger partial charge on any atom is -0.337 e. The molecule has 0 aliphatic carbocycles. The first-order valence-electron chi connectivity index (χ1n) is 8.23. The number of thiazole rings is 1. The average molecular weight is 339 g/mol. The summed E-state index contributed by atoms with van der Waals surface area (Å²) in [5.74, 6) is 1.11. The van der Waals surface area contributed by atoms with Crippen LogP contribution in [0.5, 0.6) is 0 Å². The van der Waals surface area contributed by atoms with Crippen LogP contribution in [0.1, 0.15) is 16.9 Å². The van der Waals surface area contributed by atoms with Gasteiger partial charge in [-0.1, -0.05) is 30.3 Å². The van der Waals surface area contributed by atoms with Crippen molar-refractivity contribution in [2.24, 2.45) is 7.05 Å². The van der Waals surface area contributed by atoms with Crippen molar-refractivity contribution in [2.45, 2.75) is 12.6 Å². The molecule has 3 heterocycles. The highest BCUT2D eigenvalue weighted by Crippen LogP contribution is 2.29. The van der Waals surface area contributed by atoms with Crippen LogP contribution in [0, 0.1) is 0 Å². The van der Waals surface area contributed by atoms with Crippen molar-refractivity contribution in [1.29, 1.82) is 0 Å². The molecule has 1 aliphatic heterocycles. The molecule has 3 aromatic rings. The van der Waals surface area contributed by atoms with E-state index in [1.807, 2.05) is 24.7 Å². The number of piperazine rings is 1. The highest BCUT2D eigenvalue weighted by atomic mass is 32.1. The summed E-state index contributed by atoms with van der Waals surface area (Å²) in [5, 5.41) is 4.65. The van der Waals surface area contributed by atoms with Crippen molar-refractivity contribution in [1.82, 2.24) is 24.8 Å². The second kappa shape index (κ2) is 6.84. The van der Waals surface area contributed by atoms with E-state index in [2.05, 4.69) is 56.1 Å². The van der Waals surface area contributed by atoms with Crippen LogP contribution in [0.4, 0.5) is 0 Å². The van der Waals surface area contributed by atoms with Gasteiger partial charge < -0.3 is 9.88 Å². The minimum absolute atomic E-state index is 0.294. The van der Waals surface area contributed by atoms with Crippen molar-refractivity contribution in [3.63, 3.8) is 0 Å². The van der Waals surface area contributed by atoms with Crippen molar-refractivity contribution in [3.05, 3.63) is 59.8 Å². The number of nitrogens with zero attached hydrogens (tertiary/aromatic N) is 4. The summed E-state index contributed by atoms with van der Waals surface area (Å²) in [4.78, 5) is 12.9. The smallest absolute Gasteiger partial charge is 0.127 e. The van der Waals surface area contributed by atoms with Gasteiger partial charge in [0.2, 0.25) is 0 Å². The first-order chi connectivity index (χ1) is 11.8. The SMILES string of the molecule is Cn1ccnc1C1CNCCN1Cc1ncc(-c2ccccc2)s1. The molecule has 1 aromatic carbocycles. The highest BCUT2D eigenvalue weighted by molar-refractivity contribution is 7.15. The number of hydrogen-bond acceptors (Lipinski definition) is 5. The van der Waals surface area contributed by atoms with E-state index < -0.39 is 0 Å². The van der Waals surface area contributed by atoms with Gasteiger partial charge in [-0.2, -0.15) is 0 Å². The monoisotopic (exact) mass is 339 g/mol. The summed E-state index contributed by atoms with van der Waals surface area (Å²) in [6.45, 7) is 3.83. The first kappa shape index (κ1) is 15.5. The Kier molecular flexibility index (Phi) is 4.42. The van der Waals surface area contributed by atoms with Crippen LogP contribution in [-0.4, -0.2) is 39.1 Å². The fraction of sp³-hybridized carbons (Fsp3) is 0.333. The topological polar surface area (TPSA) is 46.0 Å². The molecule has 0 radical (unpaired) electrons. The largest absolute Gasteiger partial charge is 0.337 e. The number of aromatic nitrogens is 3. The predicted octanol–water partition coefficient (Wildman–Crippen LogP) is 2.69. The van der Waals surface area contributed by atoms with Gasteiger partial charge in [0.25, 0.3) is 0 Å². The van der Waals surface area contributed by atoms with Gasteiger partial charge in [0, 0.05) is 45.3 Å². The Hall–Kier alpha value is -2.02. The maximum Gasteiger partial charge on any atom is 0.127 e. The van der Waals surface area contributed by atoms with Gasteiger partial charge in [0.15, 0.2) is 0 Å². The van der Waals surface area contributed by atoms with Gasteiger partial charge in [-0.25, -0.2) is 9.97 Å². The lowest BCUT2D eigenvalue weighted by atomic mass is 10.2. The molecule has 1 aliphatic rings. The lowest BCUT2D eigenvalue weighted by Gasteiger charge is -2.35. The van der Waals surface area contributed by atoms with Crippen LogP contribution in [0.3, 0.4) is 0 Å². The van der Waals surface area contributed by atoms with E-state index in [1.165, 1.54) is 10.4 Å². The van der Waals surface area contributed by atoms with Crippen molar-refractivity contribution in [3.8, 4) is 10.4 Å². The van der Waals surface area contributed by atoms with E-state index in [0.717, 1.165) is 37.0 Å². The fourth-order valence-electron chi connectivity index (χ4n) is 3.18. The third-order valence-corrected chi connectivity index (χ3v) is 5.49. The van der Waals surface area contributed by atoms with Gasteiger partial charge >= 0.3 is 0 Å². The summed E-state index contributed by atoms with van der Waals surface area (Å²) in [7, 11) is 2.06. The molecular formula is C18H21N5S. The Bertz CT molecular complexity index is 795. The second-order valence-electron chi connectivity index (χ2n) is 6.07. The summed E-state index contributed by atoms with van der Waals surface area (Å²) >= 11 is 1.78. The fourth-order valence-corrected chi connectivity index (χ4v) is 4.13. The van der Waals surface area contributed by atoms with E-state index in [9.17, 15) is 0 Å². The first-order valence-corrected chi connectivity index (χ1v) is 9.05. The standard InChI is InChI=1S/C18H21N5S/c1-22-9-8-20-18(22)15-11-19-7-10-23(15)13-17-21-12-16(24-17)14-5-3-2-4-6-14/h2-6,8-9,12,15,19H,7,10-11,13H2,1H3. The van der Waals surface area contributed by atoms with Crippen molar-refractivity contribution >= 4 is 11.3 Å². The maximum atomic E-state index is 4.65. The summed E-state index contributed by atoms with van der Waals surface area (Å²) < 4.78 is 2.11. The Morgan fingerprint density at radius 3 is 2.92 bits per heavy atom. The zero-order chi connectivity index (χ0) is 16.4. The van der Waals surface area contributed by atoms with Crippen LogP contribution >= 0.6 is 11.3 Å². The van der Waals surface area contributed by atoms with E-state index >= 15 is 0 Å². The predicted molar refractivity (Wildman–Crippen MR) is 96.8 cm³/mol. The molecule has 1 fully saturated rings. The Morgan fingerprint density at radius 1 is 1.25 bits per heavy atom. The second-order valence-corrected chi connectivity index (χ2v) is 7.19. The van der Waals surface area contributed by atoms with Crippen LogP contribution in [0.15, 0.2) is 48.9 Å². The summed E-state index contributed by atoms with van der Waals surface area (Å²) in [6.07, 6.45) is 5.88. The average Bonchev–Trinajstić information content (AvgIpc) is 3.25. The molecule has 124 valence electrons. The summed E-state index contributed by atoms with van der Waals surface area (Å²) in [5.41, 5.74) is 1.24. The number of hydrogen-bond donors (Lipinski definition) is 1. The van der Waals surface area contributed by atoms with Crippen LogP contribution in [0.25, 0.3) is 10.4 Å². The van der Waals surface area contributed by atoms with E-state index in [4.69, 9.17) is 0 Å². The van der Waals surface area contributed by atoms with Crippen LogP contribution in [-0.2, 0) is 13.6 Å². The Balaban J connectivity index is 1.53. The van der Waals surface area contributed by atoms with E-state index in [0.29, 0.717) is 6.04 Å². The Morgan fingerprint density at radius 2 is 2.12 bits per heavy atom. The molecule has 0 spiro atoms. The molecule has 0 bridgehead atoms. The molecule has 1 saturated heterocycles. The van der Waals surface area contributed by atoms with Crippen molar-refractivity contribution < 1.29 is 0 Å². The van der Waals surface area contributed by atoms with Crippen molar-refractivity contribution in [2.75, 3.05) is 19.6 Å². The third kappa shape index (κ3) is 3.13. The van der Waals surface area contributed by atoms with Gasteiger partial charge in [-0.05, 0) is 5.56 Å². The lowest BCUT2D eigenvalue weighted by Crippen LogP contribution is -2.46. The number of aryl methyl sites for hydroxylation is 1. The van der Waals surface area contributed by atoms with Crippen LogP contribution in [0.2, 0.25) is 0 Å². The normalized spacial score (nSPS) is 18.8. The van der Waals surface area contributed by atoms with E-state index in [-0.39, 0.29) is 0 Å². The van der Waals surface area contributed by atoms with Crippen LogP contribution < -0.4 is 5.32 Å². The number of imidazole rings is 1. The van der Waals surface area contributed by atoms with Gasteiger partial charge in [-0.3, -0.25) is 4.90 Å². The Labute approximate surface area is 146 Å². The molecule has 0 saturated carbocycles. The molecule has 0 amide bonds. The quantitative estimate of drug-likeness (QED) is 0.794. The molecule has 5 nitrogen and oxygen atoms in total. The lowest BCUT2D eigenvalue weighted by molar-refractivity contribution is 0.144. The maximum absolute atomic E-state index is 4.65. The highest BCUT2D eigenvalue weighted by Gasteiger charge is 2.27. The molecule has 6 heteroatoms. The molecule has 2 aromatic heterocycles. The molecular weight excluding hydrogens is 318 g/mol. The van der Waals surface area contributed by atoms with Gasteiger partial charge in [0.05, 0.1) is 17.5 Å². The number of nitrogens with one attached hydrogen (secondary N) is 1. The molecule has 1 unspecified atom stereocenters. The molecule has 1 atom stereocenters. The molecule has 4 rings (SSSR count). The summed E-state index contributed by atoms with van der Waals surface area (Å²) in [6, 6.07) is 10.8. The zero-order valence-corrected chi connectivity index (χ0v) is 14.5. The number of rotatable bonds is 4. The number of benzene rings is 1. The zero-order valence-electron chi connectivity index (χ0n) is 13.7.